The van der Waals surface area contributed by atoms with E-state index in [0.29, 0.717) is 39.9 Å². The molecule has 1 aliphatic rings. The molecule has 3 aromatic heterocycles. The monoisotopic (exact) mass is 453 g/mol. The lowest BCUT2D eigenvalue weighted by atomic mass is 10.1. The van der Waals surface area contributed by atoms with Gasteiger partial charge in [-0.05, 0) is 62.1 Å². The predicted molar refractivity (Wildman–Crippen MR) is 127 cm³/mol. The van der Waals surface area contributed by atoms with E-state index in [9.17, 15) is 10.5 Å². The number of rotatable bonds is 6. The summed E-state index contributed by atoms with van der Waals surface area (Å²) in [6, 6.07) is 14.6. The summed E-state index contributed by atoms with van der Waals surface area (Å²) in [5.41, 5.74) is 1.97. The van der Waals surface area contributed by atoms with Gasteiger partial charge in [0.25, 0.3) is 0 Å². The van der Waals surface area contributed by atoms with Crippen LogP contribution in [0.1, 0.15) is 42.6 Å². The van der Waals surface area contributed by atoms with E-state index in [1.54, 1.807) is 48.2 Å². The molecule has 1 aromatic carbocycles. The van der Waals surface area contributed by atoms with Gasteiger partial charge >= 0.3 is 5.65 Å². The third-order valence-electron chi connectivity index (χ3n) is 5.94. The molecule has 8 heteroatoms. The fraction of sp³-hybridized carbons (Fsp3) is 0.231. The summed E-state index contributed by atoms with van der Waals surface area (Å²) in [5.74, 6) is 2.16. The lowest BCUT2D eigenvalue weighted by molar-refractivity contribution is -0.579. The van der Waals surface area contributed by atoms with Gasteiger partial charge in [-0.25, -0.2) is 14.7 Å². The zero-order valence-corrected chi connectivity index (χ0v) is 18.7. The Morgan fingerprint density at radius 3 is 2.79 bits per heavy atom. The van der Waals surface area contributed by atoms with Crippen LogP contribution < -0.4 is 14.2 Å². The van der Waals surface area contributed by atoms with Gasteiger partial charge in [0.15, 0.2) is 17.0 Å². The van der Waals surface area contributed by atoms with E-state index in [1.165, 1.54) is 6.20 Å². The summed E-state index contributed by atoms with van der Waals surface area (Å²) in [5, 5.41) is 22.3. The number of imidazole rings is 1. The molecule has 4 aromatic rings. The molecule has 1 saturated carbocycles. The Labute approximate surface area is 196 Å². The van der Waals surface area contributed by atoms with Gasteiger partial charge in [-0.3, -0.25) is 0 Å². The summed E-state index contributed by atoms with van der Waals surface area (Å²) in [6.07, 6.45) is 11.2. The van der Waals surface area contributed by atoms with Crippen molar-refractivity contribution in [2.24, 2.45) is 0 Å². The van der Waals surface area contributed by atoms with Crippen molar-refractivity contribution in [3.63, 3.8) is 0 Å². The van der Waals surface area contributed by atoms with E-state index in [4.69, 9.17) is 9.47 Å². The van der Waals surface area contributed by atoms with Crippen molar-refractivity contribution in [1.29, 1.82) is 5.26 Å². The summed E-state index contributed by atoms with van der Waals surface area (Å²) in [7, 11) is 1.63. The number of hydrogen-bond donors (Lipinski definition) is 0. The Morgan fingerprint density at radius 1 is 1.15 bits per heavy atom. The first-order valence-corrected chi connectivity index (χ1v) is 11.2. The number of benzene rings is 1. The van der Waals surface area contributed by atoms with E-state index in [1.807, 2.05) is 24.3 Å². The van der Waals surface area contributed by atoms with Gasteiger partial charge in [0.1, 0.15) is 11.6 Å². The lowest BCUT2D eigenvalue weighted by Crippen LogP contribution is -2.28. The highest BCUT2D eigenvalue weighted by molar-refractivity contribution is 5.79. The molecule has 170 valence electrons. The molecule has 0 unspecified atom stereocenters. The van der Waals surface area contributed by atoms with Gasteiger partial charge in [-0.1, -0.05) is 12.1 Å². The number of aromatic nitrogens is 4. The van der Waals surface area contributed by atoms with Crippen LogP contribution in [0.4, 0.5) is 0 Å². The van der Waals surface area contributed by atoms with E-state index < -0.39 is 0 Å². The average Bonchev–Trinajstić information content (AvgIpc) is 3.51. The SMILES string of the molecule is COc1cccc(/C=C/c2nc3ccc[n+]([O-])c3n2-c2ncccc2C#N)c1OC1CCCC1. The van der Waals surface area contributed by atoms with Crippen LogP contribution in [0, 0.1) is 16.5 Å². The van der Waals surface area contributed by atoms with Crippen molar-refractivity contribution in [1.82, 2.24) is 14.5 Å². The largest absolute Gasteiger partial charge is 0.711 e. The summed E-state index contributed by atoms with van der Waals surface area (Å²) in [4.78, 5) is 9.03. The van der Waals surface area contributed by atoms with Crippen LogP contribution >= 0.6 is 0 Å². The Morgan fingerprint density at radius 2 is 2.00 bits per heavy atom. The van der Waals surface area contributed by atoms with Gasteiger partial charge in [0, 0.05) is 17.8 Å². The first kappa shape index (κ1) is 21.5. The fourth-order valence-electron chi connectivity index (χ4n) is 4.32. The molecule has 0 saturated heterocycles. The van der Waals surface area contributed by atoms with Gasteiger partial charge in [0.2, 0.25) is 11.6 Å². The molecule has 0 spiro atoms. The average molecular weight is 454 g/mol. The highest BCUT2D eigenvalue weighted by Crippen LogP contribution is 2.36. The lowest BCUT2D eigenvalue weighted by Gasteiger charge is -2.18. The summed E-state index contributed by atoms with van der Waals surface area (Å²) >= 11 is 0. The standard InChI is InChI=1S/C26H23N5O3/c1-33-22-12-4-7-18(24(22)34-20-9-2-3-10-20)13-14-23-29-21-11-6-16-30(32)26(21)31(23)25-19(17-27)8-5-15-28-25/h4-8,11-16,20H,2-3,9-10H2,1H3/b14-13+. The van der Waals surface area contributed by atoms with Crippen molar-refractivity contribution >= 4 is 23.3 Å². The number of nitrogens with zero attached hydrogens (tertiary/aromatic N) is 5. The van der Waals surface area contributed by atoms with Gasteiger partial charge < -0.3 is 14.7 Å². The highest BCUT2D eigenvalue weighted by Gasteiger charge is 2.24. The molecule has 0 amide bonds. The van der Waals surface area contributed by atoms with Crippen LogP contribution in [-0.4, -0.2) is 27.7 Å². The van der Waals surface area contributed by atoms with Gasteiger partial charge in [-0.2, -0.15) is 9.83 Å². The highest BCUT2D eigenvalue weighted by atomic mass is 16.5. The number of para-hydroxylation sites is 1. The van der Waals surface area contributed by atoms with Crippen LogP contribution in [0.15, 0.2) is 54.9 Å². The second-order valence-corrected chi connectivity index (χ2v) is 8.07. The quantitative estimate of drug-likeness (QED) is 0.316. The van der Waals surface area contributed by atoms with Crippen molar-refractivity contribution in [2.45, 2.75) is 31.8 Å². The van der Waals surface area contributed by atoms with Crippen molar-refractivity contribution < 1.29 is 14.2 Å². The second-order valence-electron chi connectivity index (χ2n) is 8.07. The van der Waals surface area contributed by atoms with Crippen molar-refractivity contribution in [2.75, 3.05) is 7.11 Å². The van der Waals surface area contributed by atoms with Crippen LogP contribution in [0.5, 0.6) is 11.5 Å². The minimum Gasteiger partial charge on any atom is -0.711 e. The first-order valence-electron chi connectivity index (χ1n) is 11.2. The Hall–Kier alpha value is -4.38. The molecule has 1 aliphatic carbocycles. The molecule has 5 rings (SSSR count). The maximum atomic E-state index is 12.7. The minimum absolute atomic E-state index is 0.166. The number of nitriles is 1. The van der Waals surface area contributed by atoms with Crippen LogP contribution in [0.3, 0.4) is 0 Å². The number of hydrogen-bond acceptors (Lipinski definition) is 6. The number of methoxy groups -OCH3 is 1. The van der Waals surface area contributed by atoms with E-state index in [2.05, 4.69) is 16.0 Å². The smallest absolute Gasteiger partial charge is 0.319 e. The molecule has 0 N–H and O–H groups in total. The van der Waals surface area contributed by atoms with E-state index in [0.717, 1.165) is 36.0 Å². The molecular weight excluding hydrogens is 430 g/mol. The number of fused-ring (bicyclic) bond motifs is 1. The molecular formula is C26H23N5O3. The third-order valence-corrected chi connectivity index (χ3v) is 5.94. The molecule has 3 heterocycles. The number of pyridine rings is 2. The Kier molecular flexibility index (Phi) is 5.83. The third kappa shape index (κ3) is 3.92. The van der Waals surface area contributed by atoms with E-state index in [-0.39, 0.29) is 6.10 Å². The first-order chi connectivity index (χ1) is 16.7. The zero-order chi connectivity index (χ0) is 23.5. The van der Waals surface area contributed by atoms with Crippen molar-refractivity contribution in [3.05, 3.63) is 77.0 Å². The predicted octanol–water partition coefficient (Wildman–Crippen LogP) is 4.43. The van der Waals surface area contributed by atoms with Gasteiger partial charge in [-0.15, -0.1) is 0 Å². The van der Waals surface area contributed by atoms with E-state index >= 15 is 0 Å². The maximum Gasteiger partial charge on any atom is 0.319 e. The number of ether oxygens (including phenoxy) is 2. The molecule has 8 nitrogen and oxygen atoms in total. The Balaban J connectivity index is 1.64. The summed E-state index contributed by atoms with van der Waals surface area (Å²) in [6.45, 7) is 0. The zero-order valence-electron chi connectivity index (χ0n) is 18.7. The molecule has 34 heavy (non-hydrogen) atoms. The fourth-order valence-corrected chi connectivity index (χ4v) is 4.32. The topological polar surface area (TPSA) is 99.9 Å². The molecule has 0 atom stereocenters. The van der Waals surface area contributed by atoms with Gasteiger partial charge in [0.05, 0.1) is 19.4 Å². The van der Waals surface area contributed by atoms with Crippen LogP contribution in [-0.2, 0) is 0 Å². The minimum atomic E-state index is 0.166. The normalized spacial score (nSPS) is 14.0. The Bertz CT molecular complexity index is 1410. The van der Waals surface area contributed by atoms with Crippen LogP contribution in [0.2, 0.25) is 0 Å². The molecule has 0 aliphatic heterocycles. The molecule has 0 radical (unpaired) electrons. The maximum absolute atomic E-state index is 12.7. The summed E-state index contributed by atoms with van der Waals surface area (Å²) < 4.78 is 14.2. The van der Waals surface area contributed by atoms with Crippen molar-refractivity contribution in [3.8, 4) is 23.4 Å². The second kappa shape index (κ2) is 9.24. The molecule has 1 fully saturated rings. The molecule has 0 bridgehead atoms. The van der Waals surface area contributed by atoms with Crippen LogP contribution in [0.25, 0.3) is 29.1 Å².